The summed E-state index contributed by atoms with van der Waals surface area (Å²) in [5.41, 5.74) is 0.819. The van der Waals surface area contributed by atoms with Gasteiger partial charge in [0.15, 0.2) is 17.3 Å². The molecule has 1 N–H and O–H groups in total. The first kappa shape index (κ1) is 13.3. The summed E-state index contributed by atoms with van der Waals surface area (Å²) < 4.78 is 12.2. The van der Waals surface area contributed by atoms with Crippen LogP contribution in [-0.4, -0.2) is 41.5 Å². The quantitative estimate of drug-likeness (QED) is 0.866. The Morgan fingerprint density at radius 1 is 1.21 bits per heavy atom. The molecular weight excluding hydrogens is 246 g/mol. The maximum atomic E-state index is 5.28. The summed E-state index contributed by atoms with van der Waals surface area (Å²) in [4.78, 5) is 0. The largest absolute Gasteiger partial charge is 0.493 e. The van der Waals surface area contributed by atoms with E-state index in [1.54, 1.807) is 18.9 Å². The van der Waals surface area contributed by atoms with E-state index in [1.807, 2.05) is 32.2 Å². The third kappa shape index (κ3) is 2.50. The third-order valence-corrected chi connectivity index (χ3v) is 2.93. The lowest BCUT2D eigenvalue weighted by Gasteiger charge is -2.12. The van der Waals surface area contributed by atoms with Gasteiger partial charge < -0.3 is 14.8 Å². The molecule has 1 aromatic heterocycles. The standard InChI is InChI=1S/C12H17N5O2/c1-8(13-2)12-14-15-16-17(12)9-5-6-10(18-3)11(7-9)19-4/h5-8,13H,1-4H3. The molecule has 102 valence electrons. The average Bonchev–Trinajstić information content (AvgIpc) is 2.95. The fourth-order valence-corrected chi connectivity index (χ4v) is 1.73. The first-order valence-electron chi connectivity index (χ1n) is 5.89. The van der Waals surface area contributed by atoms with Crippen LogP contribution in [0.15, 0.2) is 18.2 Å². The van der Waals surface area contributed by atoms with Gasteiger partial charge in [-0.15, -0.1) is 5.10 Å². The Morgan fingerprint density at radius 3 is 2.58 bits per heavy atom. The van der Waals surface area contributed by atoms with Gasteiger partial charge in [0.25, 0.3) is 0 Å². The van der Waals surface area contributed by atoms with Gasteiger partial charge in [-0.05, 0) is 36.5 Å². The van der Waals surface area contributed by atoms with Gasteiger partial charge in [-0.2, -0.15) is 4.68 Å². The van der Waals surface area contributed by atoms with Crippen LogP contribution < -0.4 is 14.8 Å². The average molecular weight is 263 g/mol. The first-order valence-corrected chi connectivity index (χ1v) is 5.89. The zero-order chi connectivity index (χ0) is 13.8. The van der Waals surface area contributed by atoms with Crippen LogP contribution in [0.1, 0.15) is 18.8 Å². The normalized spacial score (nSPS) is 12.2. The molecule has 0 spiro atoms. The van der Waals surface area contributed by atoms with Crippen molar-refractivity contribution >= 4 is 0 Å². The number of nitrogens with zero attached hydrogens (tertiary/aromatic N) is 4. The molecule has 0 amide bonds. The minimum atomic E-state index is 0.0445. The fraction of sp³-hybridized carbons (Fsp3) is 0.417. The Morgan fingerprint density at radius 2 is 1.95 bits per heavy atom. The number of aromatic nitrogens is 4. The number of rotatable bonds is 5. The smallest absolute Gasteiger partial charge is 0.173 e. The van der Waals surface area contributed by atoms with Gasteiger partial charge >= 0.3 is 0 Å². The van der Waals surface area contributed by atoms with Crippen LogP contribution in [0.4, 0.5) is 0 Å². The number of benzene rings is 1. The lowest BCUT2D eigenvalue weighted by atomic mass is 10.2. The van der Waals surface area contributed by atoms with Crippen molar-refractivity contribution in [3.8, 4) is 17.2 Å². The second-order valence-corrected chi connectivity index (χ2v) is 4.00. The second kappa shape index (κ2) is 5.66. The van der Waals surface area contributed by atoms with E-state index in [9.17, 15) is 0 Å². The van der Waals surface area contributed by atoms with Crippen LogP contribution in [0.5, 0.6) is 11.5 Å². The summed E-state index contributed by atoms with van der Waals surface area (Å²) in [5, 5.41) is 14.9. The molecule has 2 aromatic rings. The van der Waals surface area contributed by atoms with Crippen molar-refractivity contribution in [1.82, 2.24) is 25.5 Å². The molecule has 19 heavy (non-hydrogen) atoms. The van der Waals surface area contributed by atoms with E-state index in [4.69, 9.17) is 9.47 Å². The highest BCUT2D eigenvalue weighted by atomic mass is 16.5. The van der Waals surface area contributed by atoms with Crippen LogP contribution in [0.25, 0.3) is 5.69 Å². The topological polar surface area (TPSA) is 74.1 Å². The predicted octanol–water partition coefficient (Wildman–Crippen LogP) is 0.960. The fourth-order valence-electron chi connectivity index (χ4n) is 1.73. The van der Waals surface area contributed by atoms with E-state index in [1.165, 1.54) is 0 Å². The van der Waals surface area contributed by atoms with Crippen molar-refractivity contribution in [3.05, 3.63) is 24.0 Å². The molecule has 0 aliphatic rings. The highest BCUT2D eigenvalue weighted by Gasteiger charge is 2.15. The molecule has 0 fully saturated rings. The van der Waals surface area contributed by atoms with Gasteiger partial charge in [0.2, 0.25) is 0 Å². The molecule has 0 radical (unpaired) electrons. The minimum absolute atomic E-state index is 0.0445. The Balaban J connectivity index is 2.45. The molecule has 7 nitrogen and oxygen atoms in total. The minimum Gasteiger partial charge on any atom is -0.493 e. The van der Waals surface area contributed by atoms with Crippen LogP contribution in [0.3, 0.4) is 0 Å². The Labute approximate surface area is 111 Å². The number of tetrazole rings is 1. The van der Waals surface area contributed by atoms with E-state index >= 15 is 0 Å². The van der Waals surface area contributed by atoms with Crippen LogP contribution >= 0.6 is 0 Å². The number of nitrogens with one attached hydrogen (secondary N) is 1. The molecule has 0 bridgehead atoms. The molecule has 1 heterocycles. The monoisotopic (exact) mass is 263 g/mol. The maximum Gasteiger partial charge on any atom is 0.173 e. The molecule has 0 saturated heterocycles. The van der Waals surface area contributed by atoms with Crippen LogP contribution in [-0.2, 0) is 0 Å². The highest BCUT2D eigenvalue weighted by molar-refractivity contribution is 5.48. The molecule has 1 atom stereocenters. The zero-order valence-corrected chi connectivity index (χ0v) is 11.4. The van der Waals surface area contributed by atoms with Gasteiger partial charge in [0.1, 0.15) is 0 Å². The van der Waals surface area contributed by atoms with E-state index < -0.39 is 0 Å². The van der Waals surface area contributed by atoms with Crippen molar-refractivity contribution in [2.45, 2.75) is 13.0 Å². The highest BCUT2D eigenvalue weighted by Crippen LogP contribution is 2.29. The van der Waals surface area contributed by atoms with Crippen molar-refractivity contribution in [2.24, 2.45) is 0 Å². The number of hydrogen-bond acceptors (Lipinski definition) is 6. The van der Waals surface area contributed by atoms with E-state index in [0.717, 1.165) is 11.5 Å². The second-order valence-electron chi connectivity index (χ2n) is 4.00. The zero-order valence-electron chi connectivity index (χ0n) is 11.4. The Kier molecular flexibility index (Phi) is 3.96. The molecule has 2 rings (SSSR count). The van der Waals surface area contributed by atoms with Crippen LogP contribution in [0, 0.1) is 0 Å². The summed E-state index contributed by atoms with van der Waals surface area (Å²) in [6, 6.07) is 5.58. The summed E-state index contributed by atoms with van der Waals surface area (Å²) in [7, 11) is 5.06. The lowest BCUT2D eigenvalue weighted by Crippen LogP contribution is -2.17. The molecule has 7 heteroatoms. The van der Waals surface area contributed by atoms with Gasteiger partial charge in [-0.25, -0.2) is 0 Å². The van der Waals surface area contributed by atoms with Gasteiger partial charge in [0, 0.05) is 6.07 Å². The van der Waals surface area contributed by atoms with Crippen molar-refractivity contribution in [1.29, 1.82) is 0 Å². The number of hydrogen-bond donors (Lipinski definition) is 1. The van der Waals surface area contributed by atoms with E-state index in [2.05, 4.69) is 20.8 Å². The maximum absolute atomic E-state index is 5.28. The Bertz CT molecular complexity index is 555. The van der Waals surface area contributed by atoms with E-state index in [0.29, 0.717) is 11.5 Å². The summed E-state index contributed by atoms with van der Waals surface area (Å²) in [6.07, 6.45) is 0. The Hall–Kier alpha value is -2.15. The molecule has 1 unspecified atom stereocenters. The number of ether oxygens (including phenoxy) is 2. The van der Waals surface area contributed by atoms with Gasteiger partial charge in [-0.1, -0.05) is 0 Å². The molecule has 1 aromatic carbocycles. The predicted molar refractivity (Wildman–Crippen MR) is 69.7 cm³/mol. The van der Waals surface area contributed by atoms with Gasteiger partial charge in [-0.3, -0.25) is 0 Å². The number of methoxy groups -OCH3 is 2. The molecule has 0 aliphatic heterocycles. The molecular formula is C12H17N5O2. The van der Waals surface area contributed by atoms with Crippen LogP contribution in [0.2, 0.25) is 0 Å². The molecule has 0 aliphatic carbocycles. The van der Waals surface area contributed by atoms with Crippen molar-refractivity contribution in [3.63, 3.8) is 0 Å². The summed E-state index contributed by atoms with van der Waals surface area (Å²) >= 11 is 0. The van der Waals surface area contributed by atoms with Gasteiger partial charge in [0.05, 0.1) is 25.9 Å². The van der Waals surface area contributed by atoms with Crippen molar-refractivity contribution < 1.29 is 9.47 Å². The summed E-state index contributed by atoms with van der Waals surface area (Å²) in [5.74, 6) is 2.04. The molecule has 0 saturated carbocycles. The first-order chi connectivity index (χ1) is 9.21. The summed E-state index contributed by atoms with van der Waals surface area (Å²) in [6.45, 7) is 1.99. The lowest BCUT2D eigenvalue weighted by molar-refractivity contribution is 0.354. The van der Waals surface area contributed by atoms with E-state index in [-0.39, 0.29) is 6.04 Å². The van der Waals surface area contributed by atoms with Crippen molar-refractivity contribution in [2.75, 3.05) is 21.3 Å². The SMILES string of the molecule is CNC(C)c1nnnn1-c1ccc(OC)c(OC)c1. The third-order valence-electron chi connectivity index (χ3n) is 2.93.